The Hall–Kier alpha value is -0.306. The molecule has 8 heteroatoms. The van der Waals surface area contributed by atoms with E-state index in [1.54, 1.807) is 0 Å². The standard InChI is InChI=1S/C15H28O3.4H2O.Ti/c1-8-12(9(2)3)13(16)15(10(4)5,11(6)7)14(17)18;;;;;/h9-12H,8H2,1-7H3,(H,17,18);4*1H2;/q;;;;;+4/p-4. The molecule has 0 aromatic rings. The Balaban J connectivity index is 0. The summed E-state index contributed by atoms with van der Waals surface area (Å²) in [5, 5.41) is 9.64. The monoisotopic (exact) mass is 372 g/mol. The predicted octanol–water partition coefficient (Wildman–Crippen LogP) is 1.39. The van der Waals surface area contributed by atoms with Crippen LogP contribution in [0.15, 0.2) is 0 Å². The summed E-state index contributed by atoms with van der Waals surface area (Å²) >= 11 is -5.00. The first-order valence-corrected chi connectivity index (χ1v) is 10.6. The molecule has 0 aliphatic heterocycles. The van der Waals surface area contributed by atoms with Crippen molar-refractivity contribution in [3.63, 3.8) is 0 Å². The van der Waals surface area contributed by atoms with Crippen molar-refractivity contribution in [2.45, 2.75) is 54.9 Å². The molecule has 5 N–H and O–H groups in total. The van der Waals surface area contributed by atoms with Gasteiger partial charge in [0.05, 0.1) is 0 Å². The minimum absolute atomic E-state index is 0.0995. The van der Waals surface area contributed by atoms with Crippen molar-refractivity contribution in [2.24, 2.45) is 29.1 Å². The third-order valence-electron chi connectivity index (χ3n) is 4.16. The maximum atomic E-state index is 12.8. The summed E-state index contributed by atoms with van der Waals surface area (Å²) < 4.78 is 29.5. The van der Waals surface area contributed by atoms with E-state index in [-0.39, 0.29) is 29.5 Å². The van der Waals surface area contributed by atoms with Gasteiger partial charge in [0.1, 0.15) is 5.41 Å². The van der Waals surface area contributed by atoms with Gasteiger partial charge in [-0.05, 0) is 24.2 Å². The Morgan fingerprint density at radius 1 is 0.913 bits per heavy atom. The van der Waals surface area contributed by atoms with Crippen LogP contribution in [0.4, 0.5) is 0 Å². The van der Waals surface area contributed by atoms with Gasteiger partial charge in [-0.25, -0.2) is 0 Å². The van der Waals surface area contributed by atoms with Gasteiger partial charge in [-0.1, -0.05) is 48.5 Å². The molecule has 0 rings (SSSR count). The van der Waals surface area contributed by atoms with Gasteiger partial charge in [-0.2, -0.15) is 0 Å². The number of ketones is 1. The first-order valence-electron chi connectivity index (χ1n) is 7.81. The van der Waals surface area contributed by atoms with Crippen LogP contribution in [-0.4, -0.2) is 31.6 Å². The summed E-state index contributed by atoms with van der Waals surface area (Å²) in [5.41, 5.74) is -1.26. The van der Waals surface area contributed by atoms with Crippen molar-refractivity contribution < 1.29 is 47.6 Å². The van der Waals surface area contributed by atoms with Gasteiger partial charge < -0.3 is 5.11 Å². The third-order valence-corrected chi connectivity index (χ3v) is 4.16. The van der Waals surface area contributed by atoms with Crippen LogP contribution in [0.5, 0.6) is 0 Å². The zero-order valence-electron chi connectivity index (χ0n) is 15.1. The Kier molecular flexibility index (Phi) is 10.7. The molecule has 23 heavy (non-hydrogen) atoms. The number of carbonyl (C=O) groups excluding carboxylic acids is 1. The Labute approximate surface area is 143 Å². The van der Waals surface area contributed by atoms with E-state index in [4.69, 9.17) is 14.8 Å². The fourth-order valence-corrected chi connectivity index (χ4v) is 3.10. The molecule has 0 aliphatic carbocycles. The maximum absolute atomic E-state index is 12.8. The van der Waals surface area contributed by atoms with E-state index in [9.17, 15) is 14.7 Å². The molecule has 0 heterocycles. The van der Waals surface area contributed by atoms with Crippen molar-refractivity contribution in [1.82, 2.24) is 0 Å². The summed E-state index contributed by atoms with van der Waals surface area (Å²) in [7, 11) is 0. The van der Waals surface area contributed by atoms with E-state index in [0.29, 0.717) is 6.42 Å². The fourth-order valence-electron chi connectivity index (χ4n) is 3.10. The molecular formula is C15H32O7Ti. The van der Waals surface area contributed by atoms with Crippen molar-refractivity contribution in [3.05, 3.63) is 0 Å². The number of Topliss-reactive ketones (excluding diaryl/α,β-unsaturated/α-hetero) is 1. The van der Waals surface area contributed by atoms with Crippen LogP contribution in [0, 0.1) is 29.1 Å². The average molecular weight is 372 g/mol. The zero-order valence-corrected chi connectivity index (χ0v) is 16.6. The normalized spacial score (nSPS) is 13.8. The second-order valence-corrected chi connectivity index (χ2v) is 8.58. The molecule has 0 amide bonds. The predicted molar refractivity (Wildman–Crippen MR) is 82.2 cm³/mol. The number of hydrogen-bond acceptors (Lipinski definition) is 6. The van der Waals surface area contributed by atoms with E-state index in [1.165, 1.54) is 0 Å². The Morgan fingerprint density at radius 3 is 1.35 bits per heavy atom. The first kappa shape index (κ1) is 24.9. The molecule has 0 bridgehead atoms. The molecular weight excluding hydrogens is 340 g/mol. The quantitative estimate of drug-likeness (QED) is 0.337. The first-order chi connectivity index (χ1) is 10.1. The topological polar surface area (TPSA) is 135 Å². The Morgan fingerprint density at radius 2 is 1.22 bits per heavy atom. The van der Waals surface area contributed by atoms with Gasteiger partial charge in [0.15, 0.2) is 5.78 Å². The molecule has 0 aromatic carbocycles. The molecule has 0 radical (unpaired) electrons. The van der Waals surface area contributed by atoms with E-state index in [2.05, 4.69) is 0 Å². The summed E-state index contributed by atoms with van der Waals surface area (Å²) in [4.78, 5) is 24.5. The Bertz CT molecular complexity index is 372. The van der Waals surface area contributed by atoms with Crippen LogP contribution < -0.4 is 0 Å². The SMILES string of the molecule is CCC(C(=O)C(C(=O)O)(C(C)C)C(C)C)C(C)C.[OH][Ti]([OH])([OH])[OH]. The molecule has 0 saturated heterocycles. The molecule has 1 unspecified atom stereocenters. The fraction of sp³-hybridized carbons (Fsp3) is 0.867. The van der Waals surface area contributed by atoms with Gasteiger partial charge >= 0.3 is 38.9 Å². The van der Waals surface area contributed by atoms with Crippen LogP contribution in [0.3, 0.4) is 0 Å². The number of rotatable bonds is 7. The number of aliphatic carboxylic acids is 1. The van der Waals surface area contributed by atoms with Gasteiger partial charge in [0, 0.05) is 5.92 Å². The van der Waals surface area contributed by atoms with E-state index < -0.39 is 29.5 Å². The number of carbonyl (C=O) groups is 2. The van der Waals surface area contributed by atoms with Crippen molar-refractivity contribution >= 4 is 11.8 Å². The number of hydrogen-bond donors (Lipinski definition) is 5. The van der Waals surface area contributed by atoms with E-state index >= 15 is 0 Å². The van der Waals surface area contributed by atoms with Gasteiger partial charge in [0.2, 0.25) is 0 Å². The number of carboxylic acids is 1. The second-order valence-electron chi connectivity index (χ2n) is 6.71. The molecule has 0 aliphatic rings. The molecule has 0 aromatic heterocycles. The van der Waals surface area contributed by atoms with Crippen LogP contribution >= 0.6 is 0 Å². The summed E-state index contributed by atoms with van der Waals surface area (Å²) in [6.45, 7) is 13.3. The van der Waals surface area contributed by atoms with Crippen molar-refractivity contribution in [1.29, 1.82) is 0 Å². The molecule has 0 saturated carbocycles. The average Bonchev–Trinajstić information content (AvgIpc) is 2.25. The molecule has 1 atom stereocenters. The summed E-state index contributed by atoms with van der Waals surface area (Å²) in [5.74, 6) is -1.47. The molecule has 138 valence electrons. The van der Waals surface area contributed by atoms with E-state index in [1.807, 2.05) is 48.5 Å². The molecule has 0 fully saturated rings. The van der Waals surface area contributed by atoms with Crippen LogP contribution in [-0.2, 0) is 27.7 Å². The summed E-state index contributed by atoms with van der Waals surface area (Å²) in [6, 6.07) is 0. The summed E-state index contributed by atoms with van der Waals surface area (Å²) in [6.07, 6.45) is 0.699. The van der Waals surface area contributed by atoms with Gasteiger partial charge in [-0.3, -0.25) is 9.59 Å². The van der Waals surface area contributed by atoms with Crippen LogP contribution in [0.1, 0.15) is 54.9 Å². The van der Waals surface area contributed by atoms with Crippen molar-refractivity contribution in [3.8, 4) is 0 Å². The van der Waals surface area contributed by atoms with E-state index in [0.717, 1.165) is 0 Å². The molecule has 0 spiro atoms. The molecule has 7 nitrogen and oxygen atoms in total. The van der Waals surface area contributed by atoms with Gasteiger partial charge in [0.25, 0.3) is 0 Å². The minimum atomic E-state index is -5.00. The van der Waals surface area contributed by atoms with Gasteiger partial charge in [-0.15, -0.1) is 0 Å². The van der Waals surface area contributed by atoms with Crippen molar-refractivity contribution in [2.75, 3.05) is 0 Å². The number of carboxylic acid groups (broad SMARTS) is 1. The van der Waals surface area contributed by atoms with Crippen LogP contribution in [0.2, 0.25) is 0 Å². The zero-order chi connectivity index (χ0) is 19.2. The second kappa shape index (κ2) is 9.86. The third kappa shape index (κ3) is 7.41. The van der Waals surface area contributed by atoms with Crippen LogP contribution in [0.25, 0.3) is 0 Å².